The highest BCUT2D eigenvalue weighted by molar-refractivity contribution is 9.10. The largest absolute Gasteiger partial charge is 0.318 e. The van der Waals surface area contributed by atoms with Crippen LogP contribution in [0.25, 0.3) is 0 Å². The molecule has 0 aliphatic carbocycles. The molecule has 1 fully saturated rings. The van der Waals surface area contributed by atoms with Gasteiger partial charge in [-0.05, 0) is 29.8 Å². The van der Waals surface area contributed by atoms with Gasteiger partial charge in [-0.25, -0.2) is 0 Å². The lowest BCUT2D eigenvalue weighted by atomic mass is 9.88. The molecule has 3 nitrogen and oxygen atoms in total. The fourth-order valence-electron chi connectivity index (χ4n) is 2.41. The summed E-state index contributed by atoms with van der Waals surface area (Å²) < 4.78 is 0.991. The van der Waals surface area contributed by atoms with Crippen molar-refractivity contribution in [3.05, 3.63) is 64.6 Å². The highest BCUT2D eigenvalue weighted by Gasteiger charge is 2.46. The van der Waals surface area contributed by atoms with Gasteiger partial charge in [-0.2, -0.15) is 0 Å². The van der Waals surface area contributed by atoms with Crippen LogP contribution in [0.15, 0.2) is 59.1 Å². The van der Waals surface area contributed by atoms with Crippen LogP contribution < -0.4 is 10.6 Å². The molecular weight excluding hydrogens is 304 g/mol. The average molecular weight is 317 g/mol. The number of hydrogen-bond donors (Lipinski definition) is 1. The molecule has 2 aromatic rings. The van der Waals surface area contributed by atoms with Crippen LogP contribution in [0.1, 0.15) is 11.6 Å². The maximum atomic E-state index is 12.0. The molecule has 0 radical (unpaired) electrons. The number of nitrogens with zero attached hydrogens (tertiary/aromatic N) is 1. The Bertz CT molecular complexity index is 597. The maximum Gasteiger partial charge on any atom is 0.247 e. The molecule has 1 heterocycles. The van der Waals surface area contributed by atoms with Crippen molar-refractivity contribution < 1.29 is 4.79 Å². The van der Waals surface area contributed by atoms with Crippen molar-refractivity contribution >= 4 is 27.5 Å². The predicted octanol–water partition coefficient (Wildman–Crippen LogP) is 2.86. The van der Waals surface area contributed by atoms with Crippen LogP contribution in [0.2, 0.25) is 0 Å². The number of nitrogens with two attached hydrogens (primary N) is 1. The van der Waals surface area contributed by atoms with Crippen molar-refractivity contribution in [2.24, 2.45) is 5.73 Å². The summed E-state index contributed by atoms with van der Waals surface area (Å²) in [4.78, 5) is 13.8. The fraction of sp³-hybridized carbons (Fsp3) is 0.133. The lowest BCUT2D eigenvalue weighted by Crippen LogP contribution is -2.63. The van der Waals surface area contributed by atoms with Gasteiger partial charge in [0.05, 0.1) is 6.04 Å². The second-order valence-corrected chi connectivity index (χ2v) is 5.48. The molecule has 2 atom stereocenters. The number of benzene rings is 2. The van der Waals surface area contributed by atoms with Crippen molar-refractivity contribution in [3.63, 3.8) is 0 Å². The standard InChI is InChI=1S/C15H13BrN2O/c16-11-6-8-12(9-7-11)18-14(13(17)15(18)19)10-4-2-1-3-5-10/h1-9,13-14H,17H2/t13-,14+/m0/s1. The van der Waals surface area contributed by atoms with Gasteiger partial charge in [0.2, 0.25) is 5.91 Å². The first-order valence-corrected chi connectivity index (χ1v) is 6.87. The van der Waals surface area contributed by atoms with E-state index in [4.69, 9.17) is 5.73 Å². The lowest BCUT2D eigenvalue weighted by Gasteiger charge is -2.45. The predicted molar refractivity (Wildman–Crippen MR) is 78.8 cm³/mol. The van der Waals surface area contributed by atoms with E-state index in [-0.39, 0.29) is 11.9 Å². The minimum atomic E-state index is -0.453. The quantitative estimate of drug-likeness (QED) is 0.866. The summed E-state index contributed by atoms with van der Waals surface area (Å²) >= 11 is 3.39. The minimum Gasteiger partial charge on any atom is -0.318 e. The Balaban J connectivity index is 1.96. The Hall–Kier alpha value is -1.65. The SMILES string of the molecule is N[C@@H]1C(=O)N(c2ccc(Br)cc2)[C@@H]1c1ccccc1. The molecule has 1 aliphatic rings. The molecule has 3 rings (SSSR count). The zero-order valence-corrected chi connectivity index (χ0v) is 11.7. The third kappa shape index (κ3) is 2.07. The van der Waals surface area contributed by atoms with E-state index in [0.717, 1.165) is 15.7 Å². The number of carbonyl (C=O) groups excluding carboxylic acids is 1. The van der Waals surface area contributed by atoms with Crippen LogP contribution in [0.5, 0.6) is 0 Å². The molecular formula is C15H13BrN2O. The Labute approximate surface area is 120 Å². The Morgan fingerprint density at radius 2 is 1.63 bits per heavy atom. The highest BCUT2D eigenvalue weighted by atomic mass is 79.9. The fourth-order valence-corrected chi connectivity index (χ4v) is 2.67. The van der Waals surface area contributed by atoms with Crippen LogP contribution in [-0.2, 0) is 4.79 Å². The van der Waals surface area contributed by atoms with Gasteiger partial charge in [0.25, 0.3) is 0 Å². The molecule has 1 saturated heterocycles. The molecule has 0 spiro atoms. The van der Waals surface area contributed by atoms with E-state index in [1.165, 1.54) is 0 Å². The van der Waals surface area contributed by atoms with E-state index >= 15 is 0 Å². The minimum absolute atomic E-state index is 0.0313. The lowest BCUT2D eigenvalue weighted by molar-refractivity contribution is -0.126. The second kappa shape index (κ2) is 4.79. The monoisotopic (exact) mass is 316 g/mol. The van der Waals surface area contributed by atoms with E-state index in [9.17, 15) is 4.79 Å². The molecule has 0 saturated carbocycles. The third-order valence-electron chi connectivity index (χ3n) is 3.39. The topological polar surface area (TPSA) is 46.3 Å². The van der Waals surface area contributed by atoms with Crippen molar-refractivity contribution in [1.29, 1.82) is 0 Å². The molecule has 1 aliphatic heterocycles. The number of halogens is 1. The number of amides is 1. The number of β-lactam (4-membered cyclic amide) rings is 1. The van der Waals surface area contributed by atoms with Gasteiger partial charge in [-0.1, -0.05) is 46.3 Å². The van der Waals surface area contributed by atoms with Crippen LogP contribution in [0.3, 0.4) is 0 Å². The zero-order valence-electron chi connectivity index (χ0n) is 10.2. The van der Waals surface area contributed by atoms with Crippen molar-refractivity contribution in [2.75, 3.05) is 4.90 Å². The number of rotatable bonds is 2. The molecule has 0 aromatic heterocycles. The summed E-state index contributed by atoms with van der Waals surface area (Å²) in [5, 5.41) is 0. The van der Waals surface area contributed by atoms with E-state index in [1.54, 1.807) is 4.90 Å². The van der Waals surface area contributed by atoms with Crippen molar-refractivity contribution in [1.82, 2.24) is 0 Å². The van der Waals surface area contributed by atoms with E-state index < -0.39 is 6.04 Å². The smallest absolute Gasteiger partial charge is 0.247 e. The highest BCUT2D eigenvalue weighted by Crippen LogP contribution is 2.38. The Kier molecular flexibility index (Phi) is 3.12. The van der Waals surface area contributed by atoms with Crippen LogP contribution >= 0.6 is 15.9 Å². The van der Waals surface area contributed by atoms with E-state index in [2.05, 4.69) is 15.9 Å². The average Bonchev–Trinajstić information content (AvgIpc) is 2.46. The van der Waals surface area contributed by atoms with Crippen LogP contribution in [0.4, 0.5) is 5.69 Å². The number of carbonyl (C=O) groups is 1. The summed E-state index contributed by atoms with van der Waals surface area (Å²) in [7, 11) is 0. The zero-order chi connectivity index (χ0) is 13.4. The van der Waals surface area contributed by atoms with Gasteiger partial charge < -0.3 is 10.6 Å². The van der Waals surface area contributed by atoms with Crippen LogP contribution in [-0.4, -0.2) is 11.9 Å². The third-order valence-corrected chi connectivity index (χ3v) is 3.92. The molecule has 0 unspecified atom stereocenters. The second-order valence-electron chi connectivity index (χ2n) is 4.57. The van der Waals surface area contributed by atoms with Gasteiger partial charge >= 0.3 is 0 Å². The summed E-state index contributed by atoms with van der Waals surface area (Å²) in [6.07, 6.45) is 0. The Morgan fingerprint density at radius 3 is 2.26 bits per heavy atom. The maximum absolute atomic E-state index is 12.0. The van der Waals surface area contributed by atoms with E-state index in [1.807, 2.05) is 54.6 Å². The molecule has 2 aromatic carbocycles. The molecule has 1 amide bonds. The summed E-state index contributed by atoms with van der Waals surface area (Å²) in [5.74, 6) is -0.0313. The van der Waals surface area contributed by atoms with Crippen molar-refractivity contribution in [3.8, 4) is 0 Å². The molecule has 2 N–H and O–H groups in total. The summed E-state index contributed by atoms with van der Waals surface area (Å²) in [6.45, 7) is 0. The first-order chi connectivity index (χ1) is 9.18. The van der Waals surface area contributed by atoms with Gasteiger partial charge in [0, 0.05) is 10.2 Å². The number of anilines is 1. The van der Waals surface area contributed by atoms with Gasteiger partial charge in [0.1, 0.15) is 6.04 Å². The first kappa shape index (κ1) is 12.4. The Morgan fingerprint density at radius 1 is 1.00 bits per heavy atom. The molecule has 0 bridgehead atoms. The van der Waals surface area contributed by atoms with Gasteiger partial charge in [-0.3, -0.25) is 4.79 Å². The summed E-state index contributed by atoms with van der Waals surface area (Å²) in [6, 6.07) is 17.1. The van der Waals surface area contributed by atoms with Gasteiger partial charge in [-0.15, -0.1) is 0 Å². The van der Waals surface area contributed by atoms with Crippen LogP contribution in [0, 0.1) is 0 Å². The molecule has 4 heteroatoms. The normalized spacial score (nSPS) is 22.2. The molecule has 19 heavy (non-hydrogen) atoms. The first-order valence-electron chi connectivity index (χ1n) is 6.07. The number of hydrogen-bond acceptors (Lipinski definition) is 2. The van der Waals surface area contributed by atoms with Gasteiger partial charge in [0.15, 0.2) is 0 Å². The molecule has 96 valence electrons. The summed E-state index contributed by atoms with van der Waals surface area (Å²) in [5.41, 5.74) is 7.90. The van der Waals surface area contributed by atoms with E-state index in [0.29, 0.717) is 0 Å². The van der Waals surface area contributed by atoms with Crippen molar-refractivity contribution in [2.45, 2.75) is 12.1 Å².